The van der Waals surface area contributed by atoms with Crippen LogP contribution in [0.3, 0.4) is 0 Å². The first-order valence-electron chi connectivity index (χ1n) is 3.63. The average molecular weight is 146 g/mol. The fraction of sp³-hybridized carbons (Fsp3) is 1.00. The highest BCUT2D eigenvalue weighted by atomic mass is 16.4. The van der Waals surface area contributed by atoms with Crippen molar-refractivity contribution < 1.29 is 15.3 Å². The first-order chi connectivity index (χ1) is 4.55. The summed E-state index contributed by atoms with van der Waals surface area (Å²) < 4.78 is 0. The van der Waals surface area contributed by atoms with Gasteiger partial charge in [0, 0.05) is 0 Å². The molecule has 0 saturated heterocycles. The van der Waals surface area contributed by atoms with Crippen LogP contribution in [0.5, 0.6) is 0 Å². The second kappa shape index (κ2) is 2.49. The normalized spacial score (nSPS) is 49.2. The van der Waals surface area contributed by atoms with Crippen molar-refractivity contribution in [1.29, 1.82) is 0 Å². The van der Waals surface area contributed by atoms with E-state index in [4.69, 9.17) is 0 Å². The van der Waals surface area contributed by atoms with Crippen molar-refractivity contribution in [2.75, 3.05) is 0 Å². The summed E-state index contributed by atoms with van der Waals surface area (Å²) >= 11 is 0. The molecule has 0 aliphatic heterocycles. The third-order valence-electron chi connectivity index (χ3n) is 2.30. The Balaban J connectivity index is 2.63. The Labute approximate surface area is 60.3 Å². The van der Waals surface area contributed by atoms with Gasteiger partial charge in [0.25, 0.3) is 0 Å². The van der Waals surface area contributed by atoms with Crippen LogP contribution in [-0.4, -0.2) is 33.1 Å². The van der Waals surface area contributed by atoms with Gasteiger partial charge in [-0.3, -0.25) is 0 Å². The van der Waals surface area contributed by atoms with Crippen molar-refractivity contribution in [1.82, 2.24) is 0 Å². The fourth-order valence-corrected chi connectivity index (χ4v) is 1.31. The highest BCUT2D eigenvalue weighted by Gasteiger charge is 2.40. The molecule has 0 heterocycles. The number of rotatable bonds is 0. The Bertz CT molecular complexity index is 110. The standard InChI is InChI=1S/C7H14O3/c1-7(10)5(8)3-2-4-6(7)9/h5-6,8-10H,2-4H2,1H3/t5-,6+,7?. The lowest BCUT2D eigenvalue weighted by atomic mass is 9.81. The quantitative estimate of drug-likeness (QED) is 0.437. The molecule has 0 aromatic rings. The third kappa shape index (κ3) is 1.17. The second-order valence-corrected chi connectivity index (χ2v) is 3.19. The molecule has 3 nitrogen and oxygen atoms in total. The molecule has 3 N–H and O–H groups in total. The van der Waals surface area contributed by atoms with Gasteiger partial charge in [-0.25, -0.2) is 0 Å². The molecule has 0 spiro atoms. The molecule has 1 unspecified atom stereocenters. The van der Waals surface area contributed by atoms with Gasteiger partial charge in [-0.05, 0) is 26.2 Å². The van der Waals surface area contributed by atoms with E-state index in [0.717, 1.165) is 6.42 Å². The molecule has 0 bridgehead atoms. The predicted molar refractivity (Wildman–Crippen MR) is 36.5 cm³/mol. The van der Waals surface area contributed by atoms with Crippen molar-refractivity contribution in [2.24, 2.45) is 0 Å². The first kappa shape index (κ1) is 7.98. The van der Waals surface area contributed by atoms with Crippen LogP contribution < -0.4 is 0 Å². The van der Waals surface area contributed by atoms with Gasteiger partial charge in [-0.15, -0.1) is 0 Å². The summed E-state index contributed by atoms with van der Waals surface area (Å²) in [7, 11) is 0. The summed E-state index contributed by atoms with van der Waals surface area (Å²) in [6.45, 7) is 1.47. The maximum Gasteiger partial charge on any atom is 0.113 e. The second-order valence-electron chi connectivity index (χ2n) is 3.19. The highest BCUT2D eigenvalue weighted by Crippen LogP contribution is 2.28. The van der Waals surface area contributed by atoms with Gasteiger partial charge in [-0.2, -0.15) is 0 Å². The third-order valence-corrected chi connectivity index (χ3v) is 2.30. The maximum atomic E-state index is 9.41. The molecule has 60 valence electrons. The SMILES string of the molecule is CC1(O)[C@H](O)CCC[C@@H]1O. The highest BCUT2D eigenvalue weighted by molar-refractivity contribution is 4.92. The first-order valence-corrected chi connectivity index (χ1v) is 3.63. The van der Waals surface area contributed by atoms with Crippen LogP contribution in [0.4, 0.5) is 0 Å². The minimum Gasteiger partial charge on any atom is -0.390 e. The van der Waals surface area contributed by atoms with Crippen LogP contribution in [0.15, 0.2) is 0 Å². The van der Waals surface area contributed by atoms with E-state index in [1.165, 1.54) is 6.92 Å². The lowest BCUT2D eigenvalue weighted by Gasteiger charge is -2.37. The molecule has 3 atom stereocenters. The summed E-state index contributed by atoms with van der Waals surface area (Å²) in [5.41, 5.74) is -1.29. The molecule has 1 aliphatic rings. The monoisotopic (exact) mass is 146 g/mol. The Morgan fingerprint density at radius 2 is 1.60 bits per heavy atom. The van der Waals surface area contributed by atoms with Crippen molar-refractivity contribution in [3.05, 3.63) is 0 Å². The van der Waals surface area contributed by atoms with E-state index in [9.17, 15) is 15.3 Å². The molecular weight excluding hydrogens is 132 g/mol. The molecule has 1 saturated carbocycles. The largest absolute Gasteiger partial charge is 0.390 e. The summed E-state index contributed by atoms with van der Waals surface area (Å²) in [6.07, 6.45) is 0.430. The van der Waals surface area contributed by atoms with Gasteiger partial charge in [-0.1, -0.05) is 0 Å². The van der Waals surface area contributed by atoms with Crippen LogP contribution >= 0.6 is 0 Å². The predicted octanol–water partition coefficient (Wildman–Crippen LogP) is -0.357. The number of hydrogen-bond donors (Lipinski definition) is 3. The molecule has 1 aliphatic carbocycles. The lowest BCUT2D eigenvalue weighted by Crippen LogP contribution is -2.52. The molecule has 1 fully saturated rings. The van der Waals surface area contributed by atoms with E-state index < -0.39 is 17.8 Å². The fourth-order valence-electron chi connectivity index (χ4n) is 1.31. The smallest absolute Gasteiger partial charge is 0.113 e. The summed E-state index contributed by atoms with van der Waals surface area (Å²) in [5.74, 6) is 0. The topological polar surface area (TPSA) is 60.7 Å². The molecule has 0 aromatic carbocycles. The number of aliphatic hydroxyl groups excluding tert-OH is 2. The van der Waals surface area contributed by atoms with E-state index in [-0.39, 0.29) is 0 Å². The molecule has 0 radical (unpaired) electrons. The van der Waals surface area contributed by atoms with Crippen LogP contribution in [0.25, 0.3) is 0 Å². The van der Waals surface area contributed by atoms with Crippen LogP contribution in [0.1, 0.15) is 26.2 Å². The van der Waals surface area contributed by atoms with Crippen LogP contribution in [0, 0.1) is 0 Å². The van der Waals surface area contributed by atoms with E-state index >= 15 is 0 Å². The van der Waals surface area contributed by atoms with E-state index in [1.54, 1.807) is 0 Å². The van der Waals surface area contributed by atoms with Gasteiger partial charge >= 0.3 is 0 Å². The maximum absolute atomic E-state index is 9.41. The average Bonchev–Trinajstić information content (AvgIpc) is 1.84. The molecule has 10 heavy (non-hydrogen) atoms. The molecule has 0 aromatic heterocycles. The zero-order chi connectivity index (χ0) is 7.78. The number of hydrogen-bond acceptors (Lipinski definition) is 3. The van der Waals surface area contributed by atoms with Gasteiger partial charge in [0.15, 0.2) is 0 Å². The van der Waals surface area contributed by atoms with E-state index in [1.807, 2.05) is 0 Å². The summed E-state index contributed by atoms with van der Waals surface area (Å²) in [4.78, 5) is 0. The van der Waals surface area contributed by atoms with Crippen molar-refractivity contribution in [3.8, 4) is 0 Å². The molecule has 3 heteroatoms. The minimum absolute atomic E-state index is 0.587. The molecular formula is C7H14O3. The Morgan fingerprint density at radius 1 is 1.20 bits per heavy atom. The van der Waals surface area contributed by atoms with Crippen molar-refractivity contribution >= 4 is 0 Å². The Morgan fingerprint density at radius 3 is 1.90 bits per heavy atom. The lowest BCUT2D eigenvalue weighted by molar-refractivity contribution is -0.155. The summed E-state index contributed by atoms with van der Waals surface area (Å²) in [5, 5.41) is 27.8. The van der Waals surface area contributed by atoms with Crippen LogP contribution in [-0.2, 0) is 0 Å². The van der Waals surface area contributed by atoms with E-state index in [0.29, 0.717) is 12.8 Å². The van der Waals surface area contributed by atoms with Gasteiger partial charge < -0.3 is 15.3 Å². The van der Waals surface area contributed by atoms with Gasteiger partial charge in [0.05, 0.1) is 12.2 Å². The Kier molecular flexibility index (Phi) is 1.99. The van der Waals surface area contributed by atoms with Gasteiger partial charge in [0.2, 0.25) is 0 Å². The minimum atomic E-state index is -1.29. The van der Waals surface area contributed by atoms with Crippen molar-refractivity contribution in [2.45, 2.75) is 44.0 Å². The number of aliphatic hydroxyl groups is 3. The zero-order valence-electron chi connectivity index (χ0n) is 6.12. The van der Waals surface area contributed by atoms with E-state index in [2.05, 4.69) is 0 Å². The molecule has 1 rings (SSSR count). The van der Waals surface area contributed by atoms with Crippen molar-refractivity contribution in [3.63, 3.8) is 0 Å². The van der Waals surface area contributed by atoms with Crippen LogP contribution in [0.2, 0.25) is 0 Å². The summed E-state index contributed by atoms with van der Waals surface area (Å²) in [6, 6.07) is 0. The Hall–Kier alpha value is -0.120. The molecule has 0 amide bonds. The van der Waals surface area contributed by atoms with Gasteiger partial charge in [0.1, 0.15) is 5.60 Å². The zero-order valence-corrected chi connectivity index (χ0v) is 6.12.